The number of rotatable bonds is 9. The molecule has 6 heteroatoms. The van der Waals surface area contributed by atoms with Crippen LogP contribution in [0.3, 0.4) is 0 Å². The predicted molar refractivity (Wildman–Crippen MR) is 88.1 cm³/mol. The van der Waals surface area contributed by atoms with E-state index in [2.05, 4.69) is 32.9 Å². The quantitative estimate of drug-likeness (QED) is 0.416. The first-order chi connectivity index (χ1) is 10.3. The number of nitrogens with one attached hydrogen (secondary N) is 2. The Bertz CT molecular complexity index is 443. The van der Waals surface area contributed by atoms with Crippen molar-refractivity contribution in [1.29, 1.82) is 0 Å². The van der Waals surface area contributed by atoms with Crippen molar-refractivity contribution in [2.75, 3.05) is 32.8 Å². The van der Waals surface area contributed by atoms with Gasteiger partial charge in [0.15, 0.2) is 5.96 Å². The molecule has 1 saturated carbocycles. The zero-order valence-corrected chi connectivity index (χ0v) is 13.8. The first-order valence-corrected chi connectivity index (χ1v) is 8.67. The summed E-state index contributed by atoms with van der Waals surface area (Å²) in [6.07, 6.45) is 3.60. The average molecular weight is 310 g/mol. The Morgan fingerprint density at radius 2 is 2.33 bits per heavy atom. The van der Waals surface area contributed by atoms with E-state index in [1.54, 1.807) is 11.3 Å². The molecule has 0 saturated heterocycles. The zero-order chi connectivity index (χ0) is 14.9. The summed E-state index contributed by atoms with van der Waals surface area (Å²) in [5.74, 6) is 1.68. The number of aliphatic imine (C=N–C) groups is 1. The molecular formula is C15H26N4OS. The standard InChI is InChI=1S/C15H26N4OS/c1-3-16-15(18-8-9-20-10-13-4-5-13)17-7-6-14-11-21-12(2)19-14/h11,13H,3-10H2,1-2H3,(H2,16,17,18). The van der Waals surface area contributed by atoms with E-state index in [9.17, 15) is 0 Å². The van der Waals surface area contributed by atoms with Crippen LogP contribution >= 0.6 is 11.3 Å². The fourth-order valence-electron chi connectivity index (χ4n) is 1.93. The van der Waals surface area contributed by atoms with Crippen molar-refractivity contribution in [3.05, 3.63) is 16.1 Å². The van der Waals surface area contributed by atoms with Crippen LogP contribution in [0.25, 0.3) is 0 Å². The Labute approximate surface area is 131 Å². The number of hydrogen-bond donors (Lipinski definition) is 2. The average Bonchev–Trinajstić information content (AvgIpc) is 3.20. The second-order valence-corrected chi connectivity index (χ2v) is 6.38. The van der Waals surface area contributed by atoms with E-state index in [1.807, 2.05) is 6.92 Å². The molecule has 1 aliphatic carbocycles. The number of guanidine groups is 1. The SMILES string of the molecule is CCNC(=NCCOCC1CC1)NCCc1csc(C)n1. The van der Waals surface area contributed by atoms with Gasteiger partial charge in [0.1, 0.15) is 0 Å². The van der Waals surface area contributed by atoms with E-state index in [0.29, 0.717) is 13.2 Å². The molecule has 0 spiro atoms. The molecule has 1 aliphatic rings. The van der Waals surface area contributed by atoms with E-state index in [4.69, 9.17) is 4.74 Å². The van der Waals surface area contributed by atoms with Gasteiger partial charge in [0, 0.05) is 31.5 Å². The number of hydrogen-bond acceptors (Lipinski definition) is 4. The van der Waals surface area contributed by atoms with Crippen LogP contribution in [0.1, 0.15) is 30.5 Å². The summed E-state index contributed by atoms with van der Waals surface area (Å²) >= 11 is 1.70. The third-order valence-corrected chi connectivity index (χ3v) is 4.06. The molecular weight excluding hydrogens is 284 g/mol. The summed E-state index contributed by atoms with van der Waals surface area (Å²) in [6, 6.07) is 0. The van der Waals surface area contributed by atoms with Crippen LogP contribution in [0.5, 0.6) is 0 Å². The van der Waals surface area contributed by atoms with E-state index in [0.717, 1.165) is 48.7 Å². The highest BCUT2D eigenvalue weighted by Gasteiger charge is 2.20. The van der Waals surface area contributed by atoms with Crippen molar-refractivity contribution in [3.8, 4) is 0 Å². The molecule has 2 N–H and O–H groups in total. The van der Waals surface area contributed by atoms with Crippen LogP contribution < -0.4 is 10.6 Å². The Hall–Kier alpha value is -1.14. The minimum absolute atomic E-state index is 0.706. The number of aromatic nitrogens is 1. The van der Waals surface area contributed by atoms with Gasteiger partial charge < -0.3 is 15.4 Å². The van der Waals surface area contributed by atoms with Gasteiger partial charge in [0.25, 0.3) is 0 Å². The molecule has 2 rings (SSSR count). The van der Waals surface area contributed by atoms with Crippen LogP contribution in [0.4, 0.5) is 0 Å². The van der Waals surface area contributed by atoms with E-state index in [-0.39, 0.29) is 0 Å². The first kappa shape index (κ1) is 16.2. The highest BCUT2D eigenvalue weighted by Crippen LogP contribution is 2.28. The highest BCUT2D eigenvalue weighted by molar-refractivity contribution is 7.09. The van der Waals surface area contributed by atoms with Crippen molar-refractivity contribution in [2.24, 2.45) is 10.9 Å². The molecule has 1 heterocycles. The van der Waals surface area contributed by atoms with Crippen molar-refractivity contribution < 1.29 is 4.74 Å². The molecule has 0 unspecified atom stereocenters. The minimum Gasteiger partial charge on any atom is -0.379 e. The van der Waals surface area contributed by atoms with Crippen LogP contribution in [0.15, 0.2) is 10.4 Å². The minimum atomic E-state index is 0.706. The molecule has 118 valence electrons. The highest BCUT2D eigenvalue weighted by atomic mass is 32.1. The summed E-state index contributed by atoms with van der Waals surface area (Å²) in [6.45, 7) is 8.14. The largest absolute Gasteiger partial charge is 0.379 e. The van der Waals surface area contributed by atoms with Gasteiger partial charge in [0.2, 0.25) is 0 Å². The predicted octanol–water partition coefficient (Wildman–Crippen LogP) is 1.98. The lowest BCUT2D eigenvalue weighted by Gasteiger charge is -2.10. The summed E-state index contributed by atoms with van der Waals surface area (Å²) in [7, 11) is 0. The normalized spacial score (nSPS) is 15.2. The molecule has 0 atom stereocenters. The Morgan fingerprint density at radius 3 is 3.00 bits per heavy atom. The van der Waals surface area contributed by atoms with Gasteiger partial charge >= 0.3 is 0 Å². The maximum absolute atomic E-state index is 5.59. The fraction of sp³-hybridized carbons (Fsp3) is 0.733. The van der Waals surface area contributed by atoms with Crippen LogP contribution in [0, 0.1) is 12.8 Å². The second-order valence-electron chi connectivity index (χ2n) is 5.31. The maximum atomic E-state index is 5.59. The molecule has 5 nitrogen and oxygen atoms in total. The monoisotopic (exact) mass is 310 g/mol. The summed E-state index contributed by atoms with van der Waals surface area (Å²) in [5.41, 5.74) is 1.15. The molecule has 1 aromatic rings. The third kappa shape index (κ3) is 6.91. The van der Waals surface area contributed by atoms with Crippen LogP contribution in [-0.2, 0) is 11.2 Å². The van der Waals surface area contributed by atoms with Crippen LogP contribution in [-0.4, -0.2) is 43.8 Å². The summed E-state index contributed by atoms with van der Waals surface area (Å²) < 4.78 is 5.59. The number of thiazole rings is 1. The van der Waals surface area contributed by atoms with Crippen molar-refractivity contribution in [3.63, 3.8) is 0 Å². The Morgan fingerprint density at radius 1 is 1.48 bits per heavy atom. The fourth-order valence-corrected chi connectivity index (χ4v) is 2.58. The lowest BCUT2D eigenvalue weighted by molar-refractivity contribution is 0.131. The van der Waals surface area contributed by atoms with Crippen molar-refractivity contribution in [1.82, 2.24) is 15.6 Å². The van der Waals surface area contributed by atoms with Crippen molar-refractivity contribution in [2.45, 2.75) is 33.1 Å². The number of ether oxygens (including phenoxy) is 1. The van der Waals surface area contributed by atoms with Crippen molar-refractivity contribution >= 4 is 17.3 Å². The van der Waals surface area contributed by atoms with Crippen LogP contribution in [0.2, 0.25) is 0 Å². The molecule has 0 bridgehead atoms. The zero-order valence-electron chi connectivity index (χ0n) is 13.0. The Kier molecular flexibility index (Phi) is 6.95. The smallest absolute Gasteiger partial charge is 0.191 e. The van der Waals surface area contributed by atoms with Gasteiger partial charge in [-0.2, -0.15) is 0 Å². The Balaban J connectivity index is 1.62. The molecule has 0 radical (unpaired) electrons. The summed E-state index contributed by atoms with van der Waals surface area (Å²) in [5, 5.41) is 9.83. The lowest BCUT2D eigenvalue weighted by Crippen LogP contribution is -2.38. The topological polar surface area (TPSA) is 58.5 Å². The van der Waals surface area contributed by atoms with E-state index in [1.165, 1.54) is 12.8 Å². The molecule has 21 heavy (non-hydrogen) atoms. The lowest BCUT2D eigenvalue weighted by atomic mass is 10.3. The molecule has 1 aromatic heterocycles. The van der Waals surface area contributed by atoms with E-state index >= 15 is 0 Å². The van der Waals surface area contributed by atoms with Gasteiger partial charge in [-0.3, -0.25) is 4.99 Å². The van der Waals surface area contributed by atoms with Gasteiger partial charge in [0.05, 0.1) is 23.9 Å². The van der Waals surface area contributed by atoms with Gasteiger partial charge in [-0.1, -0.05) is 0 Å². The number of nitrogens with zero attached hydrogens (tertiary/aromatic N) is 2. The van der Waals surface area contributed by atoms with Gasteiger partial charge in [-0.25, -0.2) is 4.98 Å². The molecule has 1 fully saturated rings. The number of aryl methyl sites for hydroxylation is 1. The second kappa shape index (κ2) is 9.00. The van der Waals surface area contributed by atoms with Gasteiger partial charge in [-0.15, -0.1) is 11.3 Å². The molecule has 0 aliphatic heterocycles. The third-order valence-electron chi connectivity index (χ3n) is 3.24. The molecule has 0 aromatic carbocycles. The molecule has 0 amide bonds. The maximum Gasteiger partial charge on any atom is 0.191 e. The summed E-state index contributed by atoms with van der Waals surface area (Å²) in [4.78, 5) is 8.98. The van der Waals surface area contributed by atoms with E-state index < -0.39 is 0 Å². The first-order valence-electron chi connectivity index (χ1n) is 7.79. The van der Waals surface area contributed by atoms with Gasteiger partial charge in [-0.05, 0) is 32.6 Å².